The molecule has 0 fully saturated rings. The van der Waals surface area contributed by atoms with Crippen LogP contribution in [0.2, 0.25) is 0 Å². The van der Waals surface area contributed by atoms with Gasteiger partial charge in [-0.3, -0.25) is 4.79 Å². The van der Waals surface area contributed by atoms with Crippen LogP contribution in [0.4, 0.5) is 5.69 Å². The first-order valence-corrected chi connectivity index (χ1v) is 5.90. The smallest absolute Gasteiger partial charge is 0.332 e. The van der Waals surface area contributed by atoms with E-state index in [-0.39, 0.29) is 19.1 Å². The lowest BCUT2D eigenvalue weighted by Crippen LogP contribution is -2.22. The summed E-state index contributed by atoms with van der Waals surface area (Å²) in [5.74, 6) is -0.941. The first-order chi connectivity index (χ1) is 8.13. The van der Waals surface area contributed by atoms with E-state index in [1.807, 2.05) is 18.2 Å². The van der Waals surface area contributed by atoms with Gasteiger partial charge in [0.2, 0.25) is 0 Å². The van der Waals surface area contributed by atoms with E-state index in [2.05, 4.69) is 37.4 Å². The van der Waals surface area contributed by atoms with Crippen molar-refractivity contribution >= 4 is 40.2 Å². The summed E-state index contributed by atoms with van der Waals surface area (Å²) in [5.41, 5.74) is 0.695. The van der Waals surface area contributed by atoms with E-state index in [1.54, 1.807) is 6.07 Å². The predicted octanol–water partition coefficient (Wildman–Crippen LogP) is 1.42. The number of carbonyl (C=O) groups is 2. The average molecular weight is 349 g/mol. The zero-order valence-corrected chi connectivity index (χ0v) is 11.4. The molecule has 1 N–H and O–H groups in total. The van der Waals surface area contributed by atoms with Crippen molar-refractivity contribution in [1.82, 2.24) is 0 Å². The average Bonchev–Trinajstić information content (AvgIpc) is 2.30. The zero-order valence-electron chi connectivity index (χ0n) is 9.23. The molecule has 0 bridgehead atoms. The number of benzene rings is 1. The minimum atomic E-state index is -0.564. The quantitative estimate of drug-likeness (QED) is 0.645. The van der Waals surface area contributed by atoms with Gasteiger partial charge in [0.05, 0.1) is 5.69 Å². The molecule has 0 aromatic heterocycles. The van der Waals surface area contributed by atoms with Crippen LogP contribution in [-0.4, -0.2) is 32.2 Å². The van der Waals surface area contributed by atoms with Gasteiger partial charge >= 0.3 is 5.97 Å². The number of esters is 1. The highest BCUT2D eigenvalue weighted by Crippen LogP contribution is 2.16. The lowest BCUT2D eigenvalue weighted by Gasteiger charge is -2.07. The molecule has 5 nitrogen and oxygen atoms in total. The Balaban J connectivity index is 2.40. The fourth-order valence-corrected chi connectivity index (χ4v) is 1.58. The molecule has 17 heavy (non-hydrogen) atoms. The molecule has 0 saturated carbocycles. The van der Waals surface area contributed by atoms with Crippen molar-refractivity contribution in [3.8, 4) is 0 Å². The van der Waals surface area contributed by atoms with Crippen LogP contribution in [0.15, 0.2) is 24.3 Å². The second-order valence-electron chi connectivity index (χ2n) is 3.12. The molecule has 0 heterocycles. The number of carbonyl (C=O) groups excluding carboxylic acids is 2. The highest BCUT2D eigenvalue weighted by Gasteiger charge is 2.08. The monoisotopic (exact) mass is 349 g/mol. The molecule has 0 atom stereocenters. The highest BCUT2D eigenvalue weighted by molar-refractivity contribution is 14.1. The van der Waals surface area contributed by atoms with Crippen molar-refractivity contribution in [2.75, 3.05) is 25.6 Å². The van der Waals surface area contributed by atoms with Crippen LogP contribution in [-0.2, 0) is 19.1 Å². The molecule has 1 amide bonds. The minimum absolute atomic E-state index is 0.157. The number of hydrogen-bond acceptors (Lipinski definition) is 4. The number of nitrogens with one attached hydrogen (secondary N) is 1. The summed E-state index contributed by atoms with van der Waals surface area (Å²) >= 11 is 2.11. The molecule has 0 aliphatic rings. The van der Waals surface area contributed by atoms with Crippen LogP contribution in [0.1, 0.15) is 0 Å². The first kappa shape index (κ1) is 13.9. The topological polar surface area (TPSA) is 64.6 Å². The molecule has 0 unspecified atom stereocenters. The van der Waals surface area contributed by atoms with Crippen LogP contribution < -0.4 is 5.32 Å². The Hall–Kier alpha value is -1.15. The molecule has 0 saturated heterocycles. The maximum atomic E-state index is 11.4. The molecule has 1 aromatic rings. The number of ether oxygens (including phenoxy) is 2. The van der Waals surface area contributed by atoms with Gasteiger partial charge in [-0.1, -0.05) is 12.1 Å². The summed E-state index contributed by atoms with van der Waals surface area (Å²) in [7, 11) is 1.38. The predicted molar refractivity (Wildman–Crippen MR) is 70.6 cm³/mol. The molecule has 1 rings (SSSR count). The Morgan fingerprint density at radius 1 is 1.29 bits per heavy atom. The van der Waals surface area contributed by atoms with Gasteiger partial charge in [0.1, 0.15) is 6.61 Å². The van der Waals surface area contributed by atoms with Crippen LogP contribution in [0.5, 0.6) is 0 Å². The molecule has 0 spiro atoms. The lowest BCUT2D eigenvalue weighted by molar-refractivity contribution is -0.150. The van der Waals surface area contributed by atoms with Gasteiger partial charge < -0.3 is 14.8 Å². The van der Waals surface area contributed by atoms with E-state index < -0.39 is 5.97 Å². The first-order valence-electron chi connectivity index (χ1n) is 4.82. The molecule has 92 valence electrons. The molecular weight excluding hydrogens is 337 g/mol. The fourth-order valence-electron chi connectivity index (χ4n) is 1.05. The summed E-state index contributed by atoms with van der Waals surface area (Å²) < 4.78 is 10.2. The van der Waals surface area contributed by atoms with Crippen molar-refractivity contribution in [2.45, 2.75) is 0 Å². The van der Waals surface area contributed by atoms with E-state index in [1.165, 1.54) is 7.11 Å². The van der Waals surface area contributed by atoms with Crippen LogP contribution in [0.25, 0.3) is 0 Å². The van der Waals surface area contributed by atoms with E-state index in [0.29, 0.717) is 5.69 Å². The third kappa shape index (κ3) is 5.14. The fraction of sp³-hybridized carbons (Fsp3) is 0.273. The van der Waals surface area contributed by atoms with Gasteiger partial charge in [0.15, 0.2) is 6.61 Å². The summed E-state index contributed by atoms with van der Waals surface area (Å²) in [6, 6.07) is 7.33. The van der Waals surface area contributed by atoms with Crippen molar-refractivity contribution in [3.05, 3.63) is 27.8 Å². The van der Waals surface area contributed by atoms with Crippen molar-refractivity contribution in [1.29, 1.82) is 0 Å². The van der Waals surface area contributed by atoms with Gasteiger partial charge in [-0.05, 0) is 34.7 Å². The van der Waals surface area contributed by atoms with Gasteiger partial charge in [-0.15, -0.1) is 0 Å². The van der Waals surface area contributed by atoms with Crippen LogP contribution >= 0.6 is 22.6 Å². The third-order valence-electron chi connectivity index (χ3n) is 1.77. The summed E-state index contributed by atoms with van der Waals surface area (Å²) in [6.45, 7) is -0.469. The molecule has 1 aromatic carbocycles. The van der Waals surface area contributed by atoms with Crippen molar-refractivity contribution in [2.24, 2.45) is 0 Å². The Bertz CT molecular complexity index is 408. The van der Waals surface area contributed by atoms with E-state index in [0.717, 1.165) is 3.57 Å². The number of amides is 1. The molecule has 0 aliphatic heterocycles. The zero-order chi connectivity index (χ0) is 12.7. The number of hydrogen-bond donors (Lipinski definition) is 1. The van der Waals surface area contributed by atoms with Gasteiger partial charge in [0.25, 0.3) is 5.91 Å². The summed E-state index contributed by atoms with van der Waals surface area (Å²) in [6.07, 6.45) is 0. The number of methoxy groups -OCH3 is 1. The SMILES string of the molecule is COCC(=O)OCC(=O)Nc1ccccc1I. The maximum absolute atomic E-state index is 11.4. The van der Waals surface area contributed by atoms with Gasteiger partial charge in [-0.2, -0.15) is 0 Å². The Morgan fingerprint density at radius 2 is 2.00 bits per heavy atom. The molecule has 0 aliphatic carbocycles. The second kappa shape index (κ2) is 7.23. The normalized spacial score (nSPS) is 9.76. The lowest BCUT2D eigenvalue weighted by atomic mass is 10.3. The number of para-hydroxylation sites is 1. The third-order valence-corrected chi connectivity index (χ3v) is 2.72. The van der Waals surface area contributed by atoms with Gasteiger partial charge in [0, 0.05) is 10.7 Å². The summed E-state index contributed by atoms with van der Waals surface area (Å²) in [5, 5.41) is 2.64. The molecule has 0 radical (unpaired) electrons. The Labute approximate surface area is 113 Å². The van der Waals surface area contributed by atoms with Gasteiger partial charge in [-0.25, -0.2) is 4.79 Å². The van der Waals surface area contributed by atoms with Crippen molar-refractivity contribution in [3.63, 3.8) is 0 Å². The van der Waals surface area contributed by atoms with E-state index in [9.17, 15) is 9.59 Å². The molecule has 6 heteroatoms. The van der Waals surface area contributed by atoms with Crippen LogP contribution in [0.3, 0.4) is 0 Å². The number of rotatable bonds is 5. The van der Waals surface area contributed by atoms with Crippen LogP contribution in [0, 0.1) is 3.57 Å². The Morgan fingerprint density at radius 3 is 2.65 bits per heavy atom. The summed E-state index contributed by atoms with van der Waals surface area (Å²) in [4.78, 5) is 22.4. The second-order valence-corrected chi connectivity index (χ2v) is 4.28. The van der Waals surface area contributed by atoms with E-state index >= 15 is 0 Å². The maximum Gasteiger partial charge on any atom is 0.332 e. The largest absolute Gasteiger partial charge is 0.454 e. The highest BCUT2D eigenvalue weighted by atomic mass is 127. The van der Waals surface area contributed by atoms with E-state index in [4.69, 9.17) is 0 Å². The minimum Gasteiger partial charge on any atom is -0.454 e. The number of halogens is 1. The number of anilines is 1. The van der Waals surface area contributed by atoms with Crippen molar-refractivity contribution < 1.29 is 19.1 Å². The molecular formula is C11H12INO4. The standard InChI is InChI=1S/C11H12INO4/c1-16-7-11(15)17-6-10(14)13-9-5-3-2-4-8(9)12/h2-5H,6-7H2,1H3,(H,13,14). The Kier molecular flexibility index (Phi) is 5.92.